The first-order valence-corrected chi connectivity index (χ1v) is 11.9. The van der Waals surface area contributed by atoms with Crippen molar-refractivity contribution in [1.82, 2.24) is 20.0 Å². The third-order valence-electron chi connectivity index (χ3n) is 6.30. The molecular weight excluding hydrogens is 488 g/mol. The number of nitrogens with zero attached hydrogens (tertiary/aromatic N) is 4. The van der Waals surface area contributed by atoms with Gasteiger partial charge in [-0.25, -0.2) is 15.1 Å². The van der Waals surface area contributed by atoms with Gasteiger partial charge in [0.05, 0.1) is 17.9 Å². The summed E-state index contributed by atoms with van der Waals surface area (Å²) in [5, 5.41) is 23.0. The summed E-state index contributed by atoms with van der Waals surface area (Å²) in [6.07, 6.45) is 5.04. The molecule has 0 spiro atoms. The Hall–Kier alpha value is -4.66. The van der Waals surface area contributed by atoms with E-state index in [1.807, 2.05) is 60.7 Å². The maximum atomic E-state index is 13.8. The first-order valence-electron chi connectivity index (χ1n) is 11.6. The van der Waals surface area contributed by atoms with Crippen LogP contribution in [0.25, 0.3) is 17.5 Å². The SMILES string of the molecule is N=C1C=CC(=c2ccc(=c3nc4c(c(=O)n3-c3ccc(Cl)cc3)=CNN4c3ccccc3)cc2)CN1O. The van der Waals surface area contributed by atoms with Crippen LogP contribution >= 0.6 is 11.6 Å². The van der Waals surface area contributed by atoms with Crippen LogP contribution in [0, 0.1) is 16.1 Å². The highest BCUT2D eigenvalue weighted by atomic mass is 35.5. The van der Waals surface area contributed by atoms with Crippen molar-refractivity contribution in [1.29, 1.82) is 5.41 Å². The highest BCUT2D eigenvalue weighted by molar-refractivity contribution is 6.30. The summed E-state index contributed by atoms with van der Waals surface area (Å²) in [6, 6.07) is 24.4. The molecule has 3 heterocycles. The van der Waals surface area contributed by atoms with E-state index < -0.39 is 0 Å². The van der Waals surface area contributed by atoms with Crippen LogP contribution in [0.3, 0.4) is 0 Å². The number of rotatable bonds is 2. The number of hydrazine groups is 1. The summed E-state index contributed by atoms with van der Waals surface area (Å²) < 4.78 is 1.58. The molecule has 0 fully saturated rings. The van der Waals surface area contributed by atoms with Gasteiger partial charge >= 0.3 is 0 Å². The molecule has 3 N–H and O–H groups in total. The van der Waals surface area contributed by atoms with Crippen LogP contribution in [0.2, 0.25) is 5.02 Å². The number of aromatic nitrogens is 2. The van der Waals surface area contributed by atoms with Crippen molar-refractivity contribution in [2.24, 2.45) is 0 Å². The molecule has 9 heteroatoms. The van der Waals surface area contributed by atoms with Crippen molar-refractivity contribution in [2.75, 3.05) is 11.6 Å². The lowest BCUT2D eigenvalue weighted by Crippen LogP contribution is -2.37. The zero-order valence-electron chi connectivity index (χ0n) is 19.5. The van der Waals surface area contributed by atoms with E-state index in [2.05, 4.69) is 5.43 Å². The molecular formula is C28H21ClN6O2. The Kier molecular flexibility index (Phi) is 5.60. The van der Waals surface area contributed by atoms with Crippen LogP contribution in [0.15, 0.2) is 95.8 Å². The number of anilines is 2. The number of hydrogen-bond acceptors (Lipinski definition) is 6. The molecule has 0 unspecified atom stereocenters. The van der Waals surface area contributed by atoms with Crippen molar-refractivity contribution in [3.63, 3.8) is 0 Å². The molecule has 2 aliphatic rings. The van der Waals surface area contributed by atoms with E-state index in [0.717, 1.165) is 26.8 Å². The Labute approximate surface area is 216 Å². The summed E-state index contributed by atoms with van der Waals surface area (Å²) in [4.78, 5) is 18.8. The molecule has 182 valence electrons. The summed E-state index contributed by atoms with van der Waals surface area (Å²) in [5.74, 6) is 0.558. The number of nitrogens with one attached hydrogen (secondary N) is 2. The quantitative estimate of drug-likeness (QED) is 0.385. The zero-order valence-corrected chi connectivity index (χ0v) is 20.2. The Morgan fingerprint density at radius 2 is 1.59 bits per heavy atom. The largest absolute Gasteiger partial charge is 0.299 e. The molecule has 8 nitrogen and oxygen atoms in total. The number of para-hydroxylation sites is 1. The van der Waals surface area contributed by atoms with Gasteiger partial charge in [0.1, 0.15) is 16.5 Å². The molecule has 0 saturated carbocycles. The number of benzene rings is 3. The first kappa shape index (κ1) is 22.8. The minimum absolute atomic E-state index is 0.0445. The Bertz CT molecular complexity index is 1830. The lowest BCUT2D eigenvalue weighted by Gasteiger charge is -2.20. The van der Waals surface area contributed by atoms with Crippen molar-refractivity contribution in [3.8, 4) is 5.69 Å². The fraction of sp³-hybridized carbons (Fsp3) is 0.0357. The topological polar surface area (TPSA) is 97.5 Å². The molecule has 2 aliphatic heterocycles. The minimum atomic E-state index is -0.212. The summed E-state index contributed by atoms with van der Waals surface area (Å²) in [7, 11) is 0. The fourth-order valence-corrected chi connectivity index (χ4v) is 4.52. The monoisotopic (exact) mass is 508 g/mol. The molecule has 4 aromatic rings. The summed E-state index contributed by atoms with van der Waals surface area (Å²) >= 11 is 6.12. The molecule has 0 radical (unpaired) electrons. The van der Waals surface area contributed by atoms with E-state index in [-0.39, 0.29) is 17.9 Å². The highest BCUT2D eigenvalue weighted by Crippen LogP contribution is 2.21. The van der Waals surface area contributed by atoms with Crippen LogP contribution < -0.4 is 26.4 Å². The predicted octanol–water partition coefficient (Wildman–Crippen LogP) is 2.96. The molecule has 0 amide bonds. The first-order chi connectivity index (χ1) is 18.0. The molecule has 37 heavy (non-hydrogen) atoms. The van der Waals surface area contributed by atoms with Gasteiger partial charge in [0.2, 0.25) is 0 Å². The fourth-order valence-electron chi connectivity index (χ4n) is 4.39. The van der Waals surface area contributed by atoms with Crippen molar-refractivity contribution >= 4 is 40.7 Å². The minimum Gasteiger partial charge on any atom is -0.299 e. The zero-order chi connectivity index (χ0) is 25.5. The molecule has 0 bridgehead atoms. The van der Waals surface area contributed by atoms with E-state index in [9.17, 15) is 10.0 Å². The Balaban J connectivity index is 1.63. The van der Waals surface area contributed by atoms with E-state index in [1.54, 1.807) is 46.1 Å². The van der Waals surface area contributed by atoms with Gasteiger partial charge in [-0.05, 0) is 53.3 Å². The molecule has 0 aliphatic carbocycles. The Morgan fingerprint density at radius 1 is 0.892 bits per heavy atom. The normalized spacial score (nSPS) is 14.4. The lowest BCUT2D eigenvalue weighted by molar-refractivity contribution is -0.00131. The second kappa shape index (κ2) is 9.09. The van der Waals surface area contributed by atoms with Gasteiger partial charge in [-0.1, -0.05) is 60.1 Å². The van der Waals surface area contributed by atoms with Gasteiger partial charge in [-0.15, -0.1) is 0 Å². The summed E-state index contributed by atoms with van der Waals surface area (Å²) in [6.45, 7) is 0.217. The standard InChI is InChI=1S/C28H21ClN6O2/c29-21-11-13-22(14-12-21)34-26(19-8-6-18(7-9-19)20-10-15-25(30)33(37)17-20)32-27-24(28(34)36)16-31-35(27)23-4-2-1-3-5-23/h1-16,30-31,37H,17H2. The van der Waals surface area contributed by atoms with Crippen molar-refractivity contribution < 1.29 is 5.21 Å². The number of amidine groups is 1. The van der Waals surface area contributed by atoms with E-state index in [1.165, 1.54) is 0 Å². The van der Waals surface area contributed by atoms with Gasteiger partial charge in [0.15, 0.2) is 5.82 Å². The number of hydroxylamine groups is 2. The number of hydrogen-bond donors (Lipinski definition) is 3. The summed E-state index contributed by atoms with van der Waals surface area (Å²) in [5.41, 5.74) is 5.80. The lowest BCUT2D eigenvalue weighted by atomic mass is 10.1. The van der Waals surface area contributed by atoms with Crippen molar-refractivity contribution in [2.45, 2.75) is 0 Å². The molecule has 3 aromatic carbocycles. The molecule has 0 saturated heterocycles. The van der Waals surface area contributed by atoms with Gasteiger partial charge in [-0.3, -0.25) is 25.4 Å². The molecule has 6 rings (SSSR count). The smallest absolute Gasteiger partial charge is 0.269 e. The highest BCUT2D eigenvalue weighted by Gasteiger charge is 2.21. The van der Waals surface area contributed by atoms with Gasteiger partial charge < -0.3 is 0 Å². The van der Waals surface area contributed by atoms with Crippen LogP contribution in [-0.2, 0) is 0 Å². The predicted molar refractivity (Wildman–Crippen MR) is 143 cm³/mol. The third kappa shape index (κ3) is 4.08. The van der Waals surface area contributed by atoms with Crippen LogP contribution in [-0.4, -0.2) is 32.2 Å². The molecule has 0 atom stereocenters. The van der Waals surface area contributed by atoms with E-state index in [0.29, 0.717) is 27.2 Å². The van der Waals surface area contributed by atoms with Gasteiger partial charge in [0, 0.05) is 16.4 Å². The maximum absolute atomic E-state index is 13.8. The molecule has 1 aromatic heterocycles. The second-order valence-electron chi connectivity index (χ2n) is 8.61. The maximum Gasteiger partial charge on any atom is 0.269 e. The average molecular weight is 509 g/mol. The van der Waals surface area contributed by atoms with Crippen LogP contribution in [0.4, 0.5) is 11.5 Å². The van der Waals surface area contributed by atoms with Crippen molar-refractivity contribution in [3.05, 3.63) is 128 Å². The van der Waals surface area contributed by atoms with Crippen LogP contribution in [0.5, 0.6) is 0 Å². The van der Waals surface area contributed by atoms with Crippen LogP contribution in [0.1, 0.15) is 0 Å². The third-order valence-corrected chi connectivity index (χ3v) is 6.55. The van der Waals surface area contributed by atoms with Gasteiger partial charge in [-0.2, -0.15) is 0 Å². The number of fused-ring (bicyclic) bond motifs is 1. The number of halogens is 1. The van der Waals surface area contributed by atoms with E-state index >= 15 is 0 Å². The Morgan fingerprint density at radius 3 is 2.30 bits per heavy atom. The van der Waals surface area contributed by atoms with Gasteiger partial charge in [0.25, 0.3) is 5.56 Å². The second-order valence-corrected chi connectivity index (χ2v) is 9.05. The average Bonchev–Trinajstić information content (AvgIpc) is 3.36. The van der Waals surface area contributed by atoms with E-state index in [4.69, 9.17) is 22.0 Å².